The van der Waals surface area contributed by atoms with Crippen molar-refractivity contribution in [3.8, 4) is 0 Å². The molecule has 1 heterocycles. The Morgan fingerprint density at radius 1 is 1.64 bits per heavy atom. The molecule has 0 fully saturated rings. The van der Waals surface area contributed by atoms with E-state index in [2.05, 4.69) is 13.7 Å². The van der Waals surface area contributed by atoms with Crippen molar-refractivity contribution in [2.24, 2.45) is 10.9 Å². The van der Waals surface area contributed by atoms with Crippen molar-refractivity contribution in [3.05, 3.63) is 0 Å². The molecule has 82 valence electrons. The lowest BCUT2D eigenvalue weighted by molar-refractivity contribution is -0.0316. The second-order valence-electron chi connectivity index (χ2n) is 2.31. The van der Waals surface area contributed by atoms with Gasteiger partial charge in [-0.1, -0.05) is 0 Å². The second kappa shape index (κ2) is 4.44. The van der Waals surface area contributed by atoms with E-state index in [4.69, 9.17) is 10.5 Å². The number of nitrogens with zero attached hydrogens (tertiary/aromatic N) is 2. The molecule has 0 aliphatic carbocycles. The Morgan fingerprint density at radius 2 is 2.36 bits per heavy atom. The highest BCUT2D eigenvalue weighted by Crippen LogP contribution is 2.07. The third-order valence-corrected chi connectivity index (χ3v) is 1.92. The van der Waals surface area contributed by atoms with Crippen LogP contribution in [-0.2, 0) is 23.7 Å². The Labute approximate surface area is 81.5 Å². The van der Waals surface area contributed by atoms with Crippen molar-refractivity contribution < 1.29 is 21.7 Å². The van der Waals surface area contributed by atoms with Gasteiger partial charge in [-0.3, -0.25) is 0 Å². The van der Waals surface area contributed by atoms with Gasteiger partial charge in [-0.25, -0.2) is 4.28 Å². The summed E-state index contributed by atoms with van der Waals surface area (Å²) in [5, 5.41) is 3.98. The van der Waals surface area contributed by atoms with E-state index in [0.29, 0.717) is 6.61 Å². The standard InChI is InChI=1S/C5H11N3O5S/c1-2-11-4-3-8-5(6)7-12-14(9,10)13-8/h2-4H2,1H3,(H2,6,7). The molecule has 0 saturated carbocycles. The van der Waals surface area contributed by atoms with Crippen LogP contribution in [0.15, 0.2) is 5.16 Å². The van der Waals surface area contributed by atoms with E-state index in [1.807, 2.05) is 6.92 Å². The summed E-state index contributed by atoms with van der Waals surface area (Å²) < 4.78 is 34.8. The third kappa shape index (κ3) is 3.01. The first-order valence-electron chi connectivity index (χ1n) is 3.87. The summed E-state index contributed by atoms with van der Waals surface area (Å²) in [6.07, 6.45) is 0. The van der Waals surface area contributed by atoms with Crippen LogP contribution < -0.4 is 5.73 Å². The van der Waals surface area contributed by atoms with Crippen LogP contribution in [0.2, 0.25) is 0 Å². The predicted octanol–water partition coefficient (Wildman–Crippen LogP) is -1.24. The van der Waals surface area contributed by atoms with Gasteiger partial charge in [0, 0.05) is 6.61 Å². The highest BCUT2D eigenvalue weighted by atomic mass is 32.3. The molecule has 0 spiro atoms. The zero-order valence-electron chi connectivity index (χ0n) is 7.54. The van der Waals surface area contributed by atoms with Crippen LogP contribution in [0.5, 0.6) is 0 Å². The zero-order chi connectivity index (χ0) is 10.6. The van der Waals surface area contributed by atoms with Crippen molar-refractivity contribution in [2.45, 2.75) is 6.92 Å². The van der Waals surface area contributed by atoms with E-state index in [1.54, 1.807) is 0 Å². The van der Waals surface area contributed by atoms with Crippen LogP contribution >= 0.6 is 0 Å². The molecular formula is C5H11N3O5S. The normalized spacial score (nSPS) is 20.1. The second-order valence-corrected chi connectivity index (χ2v) is 3.42. The van der Waals surface area contributed by atoms with Gasteiger partial charge in [0.15, 0.2) is 0 Å². The number of guanidine groups is 1. The Bertz CT molecular complexity index is 313. The van der Waals surface area contributed by atoms with E-state index in [0.717, 1.165) is 5.06 Å². The molecule has 0 aromatic heterocycles. The van der Waals surface area contributed by atoms with Gasteiger partial charge in [0.05, 0.1) is 13.2 Å². The summed E-state index contributed by atoms with van der Waals surface area (Å²) in [4.78, 5) is 0. The minimum absolute atomic E-state index is 0.158. The van der Waals surface area contributed by atoms with Gasteiger partial charge in [0.2, 0.25) is 0 Å². The van der Waals surface area contributed by atoms with E-state index >= 15 is 0 Å². The minimum Gasteiger partial charge on any atom is -0.380 e. The fourth-order valence-corrected chi connectivity index (χ4v) is 1.30. The van der Waals surface area contributed by atoms with Gasteiger partial charge in [0.25, 0.3) is 5.96 Å². The van der Waals surface area contributed by atoms with E-state index < -0.39 is 10.4 Å². The van der Waals surface area contributed by atoms with E-state index in [1.165, 1.54) is 0 Å². The smallest absolute Gasteiger partial charge is 0.380 e. The monoisotopic (exact) mass is 225 g/mol. The molecule has 0 aromatic rings. The molecule has 1 rings (SSSR count). The van der Waals surface area contributed by atoms with Crippen LogP contribution in [0.1, 0.15) is 6.92 Å². The van der Waals surface area contributed by atoms with Crippen molar-refractivity contribution in [1.29, 1.82) is 0 Å². The van der Waals surface area contributed by atoms with Crippen LogP contribution in [0.4, 0.5) is 0 Å². The zero-order valence-corrected chi connectivity index (χ0v) is 8.36. The molecule has 9 heteroatoms. The first-order chi connectivity index (χ1) is 6.55. The lowest BCUT2D eigenvalue weighted by Gasteiger charge is -2.22. The van der Waals surface area contributed by atoms with Crippen molar-refractivity contribution in [3.63, 3.8) is 0 Å². The maximum atomic E-state index is 10.7. The molecule has 14 heavy (non-hydrogen) atoms. The average Bonchev–Trinajstić information content (AvgIpc) is 2.11. The van der Waals surface area contributed by atoms with Gasteiger partial charge in [0.1, 0.15) is 0 Å². The fraction of sp³-hybridized carbons (Fsp3) is 0.800. The number of nitrogens with two attached hydrogens (primary N) is 1. The first kappa shape index (κ1) is 11.0. The topological polar surface area (TPSA) is 103 Å². The molecule has 8 nitrogen and oxygen atoms in total. The molecule has 0 saturated heterocycles. The number of hydrogen-bond donors (Lipinski definition) is 1. The van der Waals surface area contributed by atoms with Crippen LogP contribution in [0.25, 0.3) is 0 Å². The molecular weight excluding hydrogens is 214 g/mol. The number of hydrogen-bond acceptors (Lipinski definition) is 8. The Balaban J connectivity index is 2.51. The Kier molecular flexibility index (Phi) is 3.49. The van der Waals surface area contributed by atoms with Crippen molar-refractivity contribution in [2.75, 3.05) is 19.8 Å². The molecule has 0 bridgehead atoms. The third-order valence-electron chi connectivity index (χ3n) is 1.30. The molecule has 1 aliphatic rings. The molecule has 0 radical (unpaired) electrons. The molecule has 0 unspecified atom stereocenters. The summed E-state index contributed by atoms with van der Waals surface area (Å²) in [5.41, 5.74) is 5.29. The lowest BCUT2D eigenvalue weighted by Crippen LogP contribution is -2.44. The number of hydroxylamine groups is 2. The van der Waals surface area contributed by atoms with Gasteiger partial charge >= 0.3 is 10.4 Å². The van der Waals surface area contributed by atoms with Gasteiger partial charge in [-0.2, -0.15) is 13.5 Å². The lowest BCUT2D eigenvalue weighted by atomic mass is 10.6. The van der Waals surface area contributed by atoms with Gasteiger partial charge in [-0.05, 0) is 12.1 Å². The van der Waals surface area contributed by atoms with Gasteiger partial charge < -0.3 is 10.5 Å². The Hall–Kier alpha value is -1.06. The number of ether oxygens (including phenoxy) is 1. The van der Waals surface area contributed by atoms with Crippen LogP contribution in [0.3, 0.4) is 0 Å². The largest absolute Gasteiger partial charge is 0.491 e. The maximum absolute atomic E-state index is 10.7. The molecule has 1 aliphatic heterocycles. The van der Waals surface area contributed by atoms with Crippen LogP contribution in [0, 0.1) is 0 Å². The SMILES string of the molecule is CCOCCN1OS(=O)(=O)ON=C1N. The number of oxime groups is 1. The average molecular weight is 225 g/mol. The summed E-state index contributed by atoms with van der Waals surface area (Å²) in [7, 11) is -4.10. The van der Waals surface area contributed by atoms with Crippen LogP contribution in [-0.4, -0.2) is 39.2 Å². The summed E-state index contributed by atoms with van der Waals surface area (Å²) >= 11 is 0. The predicted molar refractivity (Wildman–Crippen MR) is 45.9 cm³/mol. The van der Waals surface area contributed by atoms with E-state index in [9.17, 15) is 8.42 Å². The highest BCUT2D eigenvalue weighted by molar-refractivity contribution is 7.81. The molecule has 2 N–H and O–H groups in total. The summed E-state index contributed by atoms with van der Waals surface area (Å²) in [6, 6.07) is 0. The fourth-order valence-electron chi connectivity index (χ4n) is 0.735. The first-order valence-corrected chi connectivity index (χ1v) is 5.20. The Morgan fingerprint density at radius 3 is 3.00 bits per heavy atom. The summed E-state index contributed by atoms with van der Waals surface area (Å²) in [6.45, 7) is 2.77. The maximum Gasteiger partial charge on any atom is 0.491 e. The molecule has 0 amide bonds. The highest BCUT2D eigenvalue weighted by Gasteiger charge is 2.26. The van der Waals surface area contributed by atoms with Gasteiger partial charge in [-0.15, -0.1) is 4.28 Å². The number of rotatable bonds is 4. The minimum atomic E-state index is -4.10. The summed E-state index contributed by atoms with van der Waals surface area (Å²) in [5.74, 6) is -0.167. The molecule has 0 aromatic carbocycles. The van der Waals surface area contributed by atoms with Crippen molar-refractivity contribution in [1.82, 2.24) is 5.06 Å². The van der Waals surface area contributed by atoms with Crippen molar-refractivity contribution >= 4 is 16.4 Å². The quantitative estimate of drug-likeness (QED) is 0.597. The molecule has 0 atom stereocenters. The van der Waals surface area contributed by atoms with E-state index in [-0.39, 0.29) is 19.1 Å².